The van der Waals surface area contributed by atoms with Crippen LogP contribution < -0.4 is 10.1 Å². The number of nitrogens with zero attached hydrogens (tertiary/aromatic N) is 1. The quantitative estimate of drug-likeness (QED) is 0.825. The Bertz CT molecular complexity index is 526. The molecule has 19 heavy (non-hydrogen) atoms. The molecule has 1 atom stereocenters. The molecule has 1 aromatic heterocycles. The summed E-state index contributed by atoms with van der Waals surface area (Å²) in [5.41, 5.74) is 0. The van der Waals surface area contributed by atoms with Crippen LogP contribution in [-0.2, 0) is 9.59 Å². The SMILES string of the molecule is CCC1C(=O)NC(=O)CN1C(=O)c1sccc1OC. The van der Waals surface area contributed by atoms with Crippen molar-refractivity contribution >= 4 is 29.1 Å². The van der Waals surface area contributed by atoms with Crippen molar-refractivity contribution in [2.75, 3.05) is 13.7 Å². The van der Waals surface area contributed by atoms with Crippen LogP contribution in [0.15, 0.2) is 11.4 Å². The van der Waals surface area contributed by atoms with Crippen LogP contribution in [0.25, 0.3) is 0 Å². The van der Waals surface area contributed by atoms with Crippen molar-refractivity contribution in [2.24, 2.45) is 0 Å². The van der Waals surface area contributed by atoms with Crippen LogP contribution in [0.4, 0.5) is 0 Å². The second kappa shape index (κ2) is 5.40. The lowest BCUT2D eigenvalue weighted by molar-refractivity contribution is -0.138. The van der Waals surface area contributed by atoms with E-state index in [1.807, 2.05) is 0 Å². The van der Waals surface area contributed by atoms with Gasteiger partial charge in [-0.05, 0) is 17.9 Å². The molecule has 2 rings (SSSR count). The van der Waals surface area contributed by atoms with Gasteiger partial charge in [-0.25, -0.2) is 0 Å². The Hall–Kier alpha value is -1.89. The van der Waals surface area contributed by atoms with Gasteiger partial charge in [0.15, 0.2) is 0 Å². The predicted molar refractivity (Wildman–Crippen MR) is 69.1 cm³/mol. The number of hydrogen-bond donors (Lipinski definition) is 1. The average molecular weight is 282 g/mol. The van der Waals surface area contributed by atoms with E-state index < -0.39 is 17.9 Å². The fourth-order valence-electron chi connectivity index (χ4n) is 2.03. The number of thiophene rings is 1. The van der Waals surface area contributed by atoms with E-state index in [2.05, 4.69) is 5.32 Å². The van der Waals surface area contributed by atoms with Crippen molar-refractivity contribution in [1.29, 1.82) is 0 Å². The second-order valence-electron chi connectivity index (χ2n) is 4.09. The molecule has 0 spiro atoms. The number of nitrogens with one attached hydrogen (secondary N) is 1. The number of methoxy groups -OCH3 is 1. The molecule has 3 amide bonds. The first-order valence-corrected chi connectivity index (χ1v) is 6.72. The molecule has 1 saturated heterocycles. The zero-order valence-electron chi connectivity index (χ0n) is 10.6. The van der Waals surface area contributed by atoms with E-state index >= 15 is 0 Å². The van der Waals surface area contributed by atoms with Gasteiger partial charge in [-0.3, -0.25) is 19.7 Å². The van der Waals surface area contributed by atoms with Gasteiger partial charge < -0.3 is 9.64 Å². The van der Waals surface area contributed by atoms with Crippen LogP contribution in [0.2, 0.25) is 0 Å². The third-order valence-corrected chi connectivity index (χ3v) is 3.83. The summed E-state index contributed by atoms with van der Waals surface area (Å²) < 4.78 is 5.10. The van der Waals surface area contributed by atoms with Gasteiger partial charge in [0.2, 0.25) is 11.8 Å². The summed E-state index contributed by atoms with van der Waals surface area (Å²) in [7, 11) is 1.48. The van der Waals surface area contributed by atoms with E-state index in [-0.39, 0.29) is 12.5 Å². The second-order valence-corrected chi connectivity index (χ2v) is 5.00. The molecule has 0 radical (unpaired) electrons. The summed E-state index contributed by atoms with van der Waals surface area (Å²) in [6.07, 6.45) is 0.457. The topological polar surface area (TPSA) is 75.7 Å². The highest BCUT2D eigenvalue weighted by molar-refractivity contribution is 7.12. The molecule has 1 fully saturated rings. The minimum absolute atomic E-state index is 0.107. The number of rotatable bonds is 3. The highest BCUT2D eigenvalue weighted by Gasteiger charge is 2.37. The maximum atomic E-state index is 12.4. The molecule has 7 heteroatoms. The Labute approximate surface area is 114 Å². The van der Waals surface area contributed by atoms with E-state index in [1.165, 1.54) is 23.3 Å². The molecule has 0 bridgehead atoms. The summed E-state index contributed by atoms with van der Waals surface area (Å²) >= 11 is 1.23. The highest BCUT2D eigenvalue weighted by atomic mass is 32.1. The predicted octanol–water partition coefficient (Wildman–Crippen LogP) is 0.634. The number of carbonyl (C=O) groups is 3. The van der Waals surface area contributed by atoms with E-state index in [0.29, 0.717) is 17.0 Å². The summed E-state index contributed by atoms with van der Waals surface area (Å²) in [6, 6.07) is 1.07. The standard InChI is InChI=1S/C12H14N2O4S/c1-3-7-11(16)13-9(15)6-14(7)12(17)10-8(18-2)4-5-19-10/h4-5,7H,3,6H2,1-2H3,(H,13,15,16). The highest BCUT2D eigenvalue weighted by Crippen LogP contribution is 2.27. The third-order valence-electron chi connectivity index (χ3n) is 2.95. The average Bonchev–Trinajstić information content (AvgIpc) is 2.85. The molecule has 1 unspecified atom stereocenters. The van der Waals surface area contributed by atoms with Crippen molar-refractivity contribution in [3.05, 3.63) is 16.3 Å². The van der Waals surface area contributed by atoms with Crippen LogP contribution in [0.5, 0.6) is 5.75 Å². The molecule has 0 saturated carbocycles. The van der Waals surface area contributed by atoms with Gasteiger partial charge in [-0.2, -0.15) is 0 Å². The minimum Gasteiger partial charge on any atom is -0.495 e. The summed E-state index contributed by atoms with van der Waals surface area (Å²) in [5, 5.41) is 3.97. The Morgan fingerprint density at radius 3 is 2.95 bits per heavy atom. The van der Waals surface area contributed by atoms with Crippen LogP contribution in [0, 0.1) is 0 Å². The summed E-state index contributed by atoms with van der Waals surface area (Å²) in [5.74, 6) is -0.772. The first kappa shape index (κ1) is 13.5. The van der Waals surface area contributed by atoms with Gasteiger partial charge in [-0.1, -0.05) is 6.92 Å². The largest absolute Gasteiger partial charge is 0.495 e. The van der Waals surface area contributed by atoms with Crippen LogP contribution in [-0.4, -0.2) is 42.3 Å². The molecule has 0 aromatic carbocycles. The molecular formula is C12H14N2O4S. The van der Waals surface area contributed by atoms with E-state index in [1.54, 1.807) is 18.4 Å². The van der Waals surface area contributed by atoms with Crippen molar-refractivity contribution < 1.29 is 19.1 Å². The number of amides is 3. The van der Waals surface area contributed by atoms with Gasteiger partial charge in [-0.15, -0.1) is 11.3 Å². The molecular weight excluding hydrogens is 268 g/mol. The maximum Gasteiger partial charge on any atom is 0.268 e. The molecule has 1 N–H and O–H groups in total. The van der Waals surface area contributed by atoms with Gasteiger partial charge >= 0.3 is 0 Å². The molecule has 0 aliphatic carbocycles. The van der Waals surface area contributed by atoms with Crippen molar-refractivity contribution in [3.8, 4) is 5.75 Å². The van der Waals surface area contributed by atoms with Crippen LogP contribution in [0.3, 0.4) is 0 Å². The lowest BCUT2D eigenvalue weighted by Crippen LogP contribution is -2.59. The van der Waals surface area contributed by atoms with Crippen LogP contribution >= 0.6 is 11.3 Å². The summed E-state index contributed by atoms with van der Waals surface area (Å²) in [4.78, 5) is 37.3. The monoisotopic (exact) mass is 282 g/mol. The zero-order valence-corrected chi connectivity index (χ0v) is 11.5. The first-order valence-electron chi connectivity index (χ1n) is 5.84. The third kappa shape index (κ3) is 2.46. The number of imide groups is 1. The summed E-state index contributed by atoms with van der Waals surface area (Å²) in [6.45, 7) is 1.69. The van der Waals surface area contributed by atoms with E-state index in [9.17, 15) is 14.4 Å². The molecule has 2 heterocycles. The Morgan fingerprint density at radius 1 is 1.58 bits per heavy atom. The lowest BCUT2D eigenvalue weighted by atomic mass is 10.1. The Balaban J connectivity index is 2.30. The number of ether oxygens (including phenoxy) is 1. The van der Waals surface area contributed by atoms with Crippen molar-refractivity contribution in [2.45, 2.75) is 19.4 Å². The number of carbonyl (C=O) groups excluding carboxylic acids is 3. The van der Waals surface area contributed by atoms with Gasteiger partial charge in [0.1, 0.15) is 23.2 Å². The Morgan fingerprint density at radius 2 is 2.32 bits per heavy atom. The fourth-order valence-corrected chi connectivity index (χ4v) is 2.84. The molecule has 1 aromatic rings. The van der Waals surface area contributed by atoms with Crippen molar-refractivity contribution in [1.82, 2.24) is 10.2 Å². The first-order chi connectivity index (χ1) is 9.08. The van der Waals surface area contributed by atoms with E-state index in [4.69, 9.17) is 4.74 Å². The number of hydrogen-bond acceptors (Lipinski definition) is 5. The van der Waals surface area contributed by atoms with Gasteiger partial charge in [0.05, 0.1) is 7.11 Å². The maximum absolute atomic E-state index is 12.4. The Kier molecular flexibility index (Phi) is 3.84. The molecule has 1 aliphatic rings. The van der Waals surface area contributed by atoms with Gasteiger partial charge in [0.25, 0.3) is 5.91 Å². The normalized spacial score (nSPS) is 19.3. The molecule has 102 valence electrons. The smallest absolute Gasteiger partial charge is 0.268 e. The molecule has 6 nitrogen and oxygen atoms in total. The van der Waals surface area contributed by atoms with E-state index in [0.717, 1.165) is 0 Å². The molecule has 1 aliphatic heterocycles. The zero-order chi connectivity index (χ0) is 14.0. The lowest BCUT2D eigenvalue weighted by Gasteiger charge is -2.33. The van der Waals surface area contributed by atoms with Crippen molar-refractivity contribution in [3.63, 3.8) is 0 Å². The van der Waals surface area contributed by atoms with Gasteiger partial charge in [0, 0.05) is 0 Å². The fraction of sp³-hybridized carbons (Fsp3) is 0.417. The minimum atomic E-state index is -0.614. The van der Waals surface area contributed by atoms with Crippen LogP contribution in [0.1, 0.15) is 23.0 Å². The number of piperazine rings is 1.